The average Bonchev–Trinajstić information content (AvgIpc) is 3.59. The lowest BCUT2D eigenvalue weighted by molar-refractivity contribution is 0.0946. The van der Waals surface area contributed by atoms with Crippen LogP contribution < -0.4 is 5.32 Å². The maximum absolute atomic E-state index is 12.7. The van der Waals surface area contributed by atoms with Crippen molar-refractivity contribution in [2.45, 2.75) is 6.54 Å². The van der Waals surface area contributed by atoms with Crippen LogP contribution in [0.5, 0.6) is 0 Å². The molecule has 0 unspecified atom stereocenters. The third-order valence-corrected chi connectivity index (χ3v) is 4.89. The summed E-state index contributed by atoms with van der Waals surface area (Å²) in [6, 6.07) is 25.1. The zero-order chi connectivity index (χ0) is 21.0. The quantitative estimate of drug-likeness (QED) is 0.434. The molecule has 3 aromatic heterocycles. The van der Waals surface area contributed by atoms with E-state index in [1.165, 1.54) is 0 Å². The smallest absolute Gasteiger partial charge is 0.272 e. The number of rotatable bonds is 6. The Morgan fingerprint density at radius 2 is 1.77 bits per heavy atom. The molecule has 0 bridgehead atoms. The van der Waals surface area contributed by atoms with Crippen LogP contribution in [0.4, 0.5) is 0 Å². The van der Waals surface area contributed by atoms with Crippen LogP contribution in [0.2, 0.25) is 0 Å². The summed E-state index contributed by atoms with van der Waals surface area (Å²) >= 11 is 0. The number of nitrogens with zero attached hydrogens (tertiary/aromatic N) is 3. The number of aromatic nitrogens is 4. The summed E-state index contributed by atoms with van der Waals surface area (Å²) in [5.41, 5.74) is 4.61. The van der Waals surface area contributed by atoms with Gasteiger partial charge in [0.2, 0.25) is 0 Å². The Balaban J connectivity index is 1.39. The molecule has 0 aliphatic carbocycles. The molecule has 152 valence electrons. The molecule has 5 rings (SSSR count). The van der Waals surface area contributed by atoms with Crippen molar-refractivity contribution in [3.63, 3.8) is 0 Å². The van der Waals surface area contributed by atoms with Gasteiger partial charge < -0.3 is 9.73 Å². The number of carbonyl (C=O) groups is 1. The van der Waals surface area contributed by atoms with Gasteiger partial charge in [-0.05, 0) is 24.3 Å². The van der Waals surface area contributed by atoms with Crippen molar-refractivity contribution in [1.29, 1.82) is 0 Å². The molecule has 3 heterocycles. The minimum Gasteiger partial charge on any atom is -0.463 e. The Labute approximate surface area is 178 Å². The fourth-order valence-corrected chi connectivity index (χ4v) is 3.35. The Kier molecular flexibility index (Phi) is 4.90. The molecule has 1 amide bonds. The van der Waals surface area contributed by atoms with Gasteiger partial charge in [-0.3, -0.25) is 9.89 Å². The first kappa shape index (κ1) is 18.6. The van der Waals surface area contributed by atoms with Gasteiger partial charge in [0, 0.05) is 29.9 Å². The lowest BCUT2D eigenvalue weighted by atomic mass is 10.1. The molecule has 0 radical (unpaired) electrons. The zero-order valence-corrected chi connectivity index (χ0v) is 16.5. The molecule has 0 aliphatic heterocycles. The number of nitrogens with one attached hydrogen (secondary N) is 2. The number of aromatic amines is 1. The monoisotopic (exact) mass is 409 g/mol. The first-order valence-corrected chi connectivity index (χ1v) is 9.85. The van der Waals surface area contributed by atoms with Crippen molar-refractivity contribution in [3.05, 3.63) is 103 Å². The Morgan fingerprint density at radius 3 is 2.52 bits per heavy atom. The number of furan rings is 1. The van der Waals surface area contributed by atoms with Gasteiger partial charge >= 0.3 is 0 Å². The van der Waals surface area contributed by atoms with Crippen LogP contribution in [0.3, 0.4) is 0 Å². The lowest BCUT2D eigenvalue weighted by Gasteiger charge is -2.04. The van der Waals surface area contributed by atoms with Gasteiger partial charge in [0.15, 0.2) is 11.5 Å². The number of carbonyl (C=O) groups excluding carboxylic acids is 1. The van der Waals surface area contributed by atoms with Crippen LogP contribution in [0, 0.1) is 0 Å². The van der Waals surface area contributed by atoms with E-state index in [9.17, 15) is 4.79 Å². The van der Waals surface area contributed by atoms with E-state index in [0.717, 1.165) is 22.5 Å². The van der Waals surface area contributed by atoms with Crippen molar-refractivity contribution in [1.82, 2.24) is 25.3 Å². The number of hydrogen-bond donors (Lipinski definition) is 2. The summed E-state index contributed by atoms with van der Waals surface area (Å²) in [4.78, 5) is 12.7. The third-order valence-electron chi connectivity index (χ3n) is 4.89. The minimum absolute atomic E-state index is 0.277. The van der Waals surface area contributed by atoms with Crippen LogP contribution >= 0.6 is 0 Å². The van der Waals surface area contributed by atoms with E-state index in [2.05, 4.69) is 15.5 Å². The number of benzene rings is 2. The van der Waals surface area contributed by atoms with Gasteiger partial charge in [-0.2, -0.15) is 10.2 Å². The van der Waals surface area contributed by atoms with Gasteiger partial charge in [-0.1, -0.05) is 48.5 Å². The summed E-state index contributed by atoms with van der Waals surface area (Å²) in [5.74, 6) is 0.350. The molecular weight excluding hydrogens is 390 g/mol. The molecule has 7 nitrogen and oxygen atoms in total. The van der Waals surface area contributed by atoms with Crippen LogP contribution in [0.1, 0.15) is 16.1 Å². The van der Waals surface area contributed by atoms with Crippen LogP contribution in [0.15, 0.2) is 95.7 Å². The number of H-pyrrole nitrogens is 1. The van der Waals surface area contributed by atoms with E-state index < -0.39 is 0 Å². The summed E-state index contributed by atoms with van der Waals surface area (Å²) in [6.07, 6.45) is 3.52. The van der Waals surface area contributed by atoms with E-state index in [1.807, 2.05) is 71.5 Å². The first-order valence-electron chi connectivity index (χ1n) is 9.85. The highest BCUT2D eigenvalue weighted by atomic mass is 16.3. The molecule has 0 spiro atoms. The molecule has 0 saturated heterocycles. The molecular formula is C24H19N5O2. The Hall–Kier alpha value is -4.39. The molecule has 0 aliphatic rings. The zero-order valence-electron chi connectivity index (χ0n) is 16.5. The molecule has 2 aromatic carbocycles. The molecule has 0 saturated carbocycles. The van der Waals surface area contributed by atoms with E-state index in [0.29, 0.717) is 23.7 Å². The molecule has 0 fully saturated rings. The van der Waals surface area contributed by atoms with Gasteiger partial charge in [0.25, 0.3) is 5.91 Å². The third kappa shape index (κ3) is 3.89. The van der Waals surface area contributed by atoms with Crippen molar-refractivity contribution in [2.24, 2.45) is 0 Å². The van der Waals surface area contributed by atoms with Crippen molar-refractivity contribution in [3.8, 4) is 28.4 Å². The van der Waals surface area contributed by atoms with Gasteiger partial charge in [0.1, 0.15) is 5.69 Å². The second-order valence-electron chi connectivity index (χ2n) is 6.98. The SMILES string of the molecule is O=C(NCc1cn(-c2ccccc2)nc1-c1ccccc1)c1cc(-c2ccco2)[nH]n1. The standard InChI is InChI=1S/C24H19N5O2/c30-24(21-14-20(26-27-21)22-12-7-13-31-22)25-15-18-16-29(19-10-5-2-6-11-19)28-23(18)17-8-3-1-4-9-17/h1-14,16H,15H2,(H,25,30)(H,26,27). The molecule has 5 aromatic rings. The highest BCUT2D eigenvalue weighted by Crippen LogP contribution is 2.24. The van der Waals surface area contributed by atoms with E-state index in [4.69, 9.17) is 9.52 Å². The lowest BCUT2D eigenvalue weighted by Crippen LogP contribution is -2.23. The highest BCUT2D eigenvalue weighted by Gasteiger charge is 2.16. The van der Waals surface area contributed by atoms with Gasteiger partial charge in [0.05, 0.1) is 17.6 Å². The van der Waals surface area contributed by atoms with Gasteiger partial charge in [-0.25, -0.2) is 4.68 Å². The molecule has 31 heavy (non-hydrogen) atoms. The van der Waals surface area contributed by atoms with E-state index in [1.54, 1.807) is 24.5 Å². The summed E-state index contributed by atoms with van der Waals surface area (Å²) in [5, 5.41) is 14.6. The fraction of sp³-hybridized carbons (Fsp3) is 0.0417. The maximum atomic E-state index is 12.7. The highest BCUT2D eigenvalue weighted by molar-refractivity contribution is 5.93. The largest absolute Gasteiger partial charge is 0.463 e. The van der Waals surface area contributed by atoms with Crippen molar-refractivity contribution in [2.75, 3.05) is 0 Å². The molecule has 2 N–H and O–H groups in total. The summed E-state index contributed by atoms with van der Waals surface area (Å²) in [6.45, 7) is 0.318. The van der Waals surface area contributed by atoms with Crippen molar-refractivity contribution >= 4 is 5.91 Å². The van der Waals surface area contributed by atoms with Crippen LogP contribution in [0.25, 0.3) is 28.4 Å². The second-order valence-corrected chi connectivity index (χ2v) is 6.98. The summed E-state index contributed by atoms with van der Waals surface area (Å²) in [7, 11) is 0. The normalized spacial score (nSPS) is 10.8. The predicted molar refractivity (Wildman–Crippen MR) is 116 cm³/mol. The topological polar surface area (TPSA) is 88.7 Å². The average molecular weight is 409 g/mol. The second kappa shape index (κ2) is 8.16. The van der Waals surface area contributed by atoms with Crippen LogP contribution in [-0.2, 0) is 6.54 Å². The number of amides is 1. The van der Waals surface area contributed by atoms with E-state index >= 15 is 0 Å². The minimum atomic E-state index is -0.277. The molecule has 0 atom stereocenters. The van der Waals surface area contributed by atoms with E-state index in [-0.39, 0.29) is 5.91 Å². The number of hydrogen-bond acceptors (Lipinski definition) is 4. The fourth-order valence-electron chi connectivity index (χ4n) is 3.35. The summed E-state index contributed by atoms with van der Waals surface area (Å²) < 4.78 is 7.16. The maximum Gasteiger partial charge on any atom is 0.272 e. The van der Waals surface area contributed by atoms with Crippen molar-refractivity contribution < 1.29 is 9.21 Å². The molecule has 7 heteroatoms. The van der Waals surface area contributed by atoms with Gasteiger partial charge in [-0.15, -0.1) is 0 Å². The predicted octanol–water partition coefficient (Wildman–Crippen LogP) is 4.45. The Bertz CT molecular complexity index is 1290. The first-order chi connectivity index (χ1) is 15.3. The number of para-hydroxylation sites is 1. The Morgan fingerprint density at radius 1 is 1.00 bits per heavy atom. The van der Waals surface area contributed by atoms with Crippen LogP contribution in [-0.4, -0.2) is 25.9 Å².